The fraction of sp³-hybridized carbons (Fsp3) is 0.538. The van der Waals surface area contributed by atoms with Crippen LogP contribution >= 0.6 is 0 Å². The molecule has 2 aromatic heterocycles. The van der Waals surface area contributed by atoms with Crippen LogP contribution in [0.4, 0.5) is 10.6 Å². The van der Waals surface area contributed by atoms with Crippen molar-refractivity contribution in [2.45, 2.75) is 78.7 Å². The van der Waals surface area contributed by atoms with E-state index in [-0.39, 0.29) is 18.9 Å². The molecule has 10 heteroatoms. The predicted octanol–water partition coefficient (Wildman–Crippen LogP) is 4.14. The highest BCUT2D eigenvalue weighted by atomic mass is 16.6. The molecule has 0 saturated carbocycles. The zero-order valence-corrected chi connectivity index (χ0v) is 22.0. The molecule has 1 aromatic carbocycles. The Morgan fingerprint density at radius 1 is 1.11 bits per heavy atom. The highest BCUT2D eigenvalue weighted by Crippen LogP contribution is 2.31. The van der Waals surface area contributed by atoms with Crippen LogP contribution in [-0.2, 0) is 27.4 Å². The molecule has 0 saturated heterocycles. The minimum absolute atomic E-state index is 0.183. The Morgan fingerprint density at radius 3 is 2.50 bits per heavy atom. The second kappa shape index (κ2) is 11.2. The van der Waals surface area contributed by atoms with Crippen LogP contribution in [0.2, 0.25) is 0 Å². The fourth-order valence-corrected chi connectivity index (χ4v) is 3.78. The maximum Gasteiger partial charge on any atom is 0.407 e. The number of nitrogens with one attached hydrogen (secondary N) is 2. The van der Waals surface area contributed by atoms with E-state index in [1.54, 1.807) is 34.6 Å². The van der Waals surface area contributed by atoms with Gasteiger partial charge in [0.25, 0.3) is 0 Å². The molecule has 3 rings (SSSR count). The Kier molecular flexibility index (Phi) is 8.52. The van der Waals surface area contributed by atoms with Gasteiger partial charge in [0.2, 0.25) is 5.91 Å². The number of fused-ring (bicyclic) bond motifs is 3. The maximum absolute atomic E-state index is 12.8. The van der Waals surface area contributed by atoms with Gasteiger partial charge >= 0.3 is 6.09 Å². The Balaban J connectivity index is 1.86. The van der Waals surface area contributed by atoms with Gasteiger partial charge in [0.1, 0.15) is 23.5 Å². The summed E-state index contributed by atoms with van der Waals surface area (Å²) >= 11 is 0. The number of ether oxygens (including phenoxy) is 2. The van der Waals surface area contributed by atoms with Crippen molar-refractivity contribution in [1.29, 1.82) is 0 Å². The average Bonchev–Trinajstić information content (AvgIpc) is 3.11. The Hall–Kier alpha value is -3.24. The highest BCUT2D eigenvalue weighted by Gasteiger charge is 2.24. The first-order valence-corrected chi connectivity index (χ1v) is 12.2. The minimum Gasteiger partial charge on any atom is -0.444 e. The lowest BCUT2D eigenvalue weighted by atomic mass is 10.1. The fourth-order valence-electron chi connectivity index (χ4n) is 3.78. The number of aliphatic hydroxyl groups is 1. The molecular weight excluding hydrogens is 462 g/mol. The van der Waals surface area contributed by atoms with Gasteiger partial charge in [0.05, 0.1) is 23.2 Å². The summed E-state index contributed by atoms with van der Waals surface area (Å²) in [7, 11) is 0. The first-order chi connectivity index (χ1) is 16.9. The average molecular weight is 500 g/mol. The first kappa shape index (κ1) is 27.3. The molecule has 0 spiro atoms. The van der Waals surface area contributed by atoms with Gasteiger partial charge < -0.3 is 29.8 Å². The van der Waals surface area contributed by atoms with Gasteiger partial charge in [-0.2, -0.15) is 0 Å². The monoisotopic (exact) mass is 499 g/mol. The summed E-state index contributed by atoms with van der Waals surface area (Å²) in [6.07, 6.45) is 0.104. The molecule has 0 aliphatic carbocycles. The molecule has 36 heavy (non-hydrogen) atoms. The zero-order valence-electron chi connectivity index (χ0n) is 22.0. The standard InChI is InChI=1S/C26H37N5O5/c1-7-35-15-19-29-21-22(31(19)16-26(5,6)34)17-11-8-9-12-18(17)28-23(21)30-20(32)13-10-14-27-24(33)36-25(2,3)4/h8-9,11-12,34H,7,10,13-16H2,1-6H3,(H,27,33)(H,28,30,32). The molecule has 0 radical (unpaired) electrons. The number of rotatable bonds is 10. The molecule has 3 N–H and O–H groups in total. The van der Waals surface area contributed by atoms with E-state index in [1.165, 1.54) is 0 Å². The molecule has 196 valence electrons. The van der Waals surface area contributed by atoms with Gasteiger partial charge in [-0.3, -0.25) is 4.79 Å². The number of nitrogens with zero attached hydrogens (tertiary/aromatic N) is 3. The van der Waals surface area contributed by atoms with Gasteiger partial charge in [-0.05, 0) is 54.0 Å². The van der Waals surface area contributed by atoms with E-state index in [1.807, 2.05) is 35.8 Å². The Labute approximate surface area is 211 Å². The number of amides is 2. The number of aromatic nitrogens is 3. The topological polar surface area (TPSA) is 128 Å². The lowest BCUT2D eigenvalue weighted by molar-refractivity contribution is -0.116. The molecule has 0 atom stereocenters. The summed E-state index contributed by atoms with van der Waals surface area (Å²) in [6.45, 7) is 12.1. The van der Waals surface area contributed by atoms with Crippen LogP contribution in [-0.4, -0.2) is 56.0 Å². The van der Waals surface area contributed by atoms with E-state index >= 15 is 0 Å². The third-order valence-corrected chi connectivity index (χ3v) is 5.15. The number of imidazole rings is 1. The van der Waals surface area contributed by atoms with Gasteiger partial charge in [0.15, 0.2) is 5.82 Å². The Bertz CT molecular complexity index is 1220. The summed E-state index contributed by atoms with van der Waals surface area (Å²) < 4.78 is 12.8. The SMILES string of the molecule is CCOCc1nc2c(NC(=O)CCCNC(=O)OC(C)(C)C)nc3ccccc3c2n1CC(C)(C)O. The van der Waals surface area contributed by atoms with E-state index in [2.05, 4.69) is 15.6 Å². The van der Waals surface area contributed by atoms with Crippen molar-refractivity contribution in [3.63, 3.8) is 0 Å². The van der Waals surface area contributed by atoms with Crippen molar-refractivity contribution in [2.24, 2.45) is 0 Å². The lowest BCUT2D eigenvalue weighted by Gasteiger charge is -2.20. The Morgan fingerprint density at radius 2 is 1.83 bits per heavy atom. The van der Waals surface area contributed by atoms with Crippen LogP contribution in [0, 0.1) is 0 Å². The van der Waals surface area contributed by atoms with Crippen LogP contribution in [0.25, 0.3) is 21.9 Å². The predicted molar refractivity (Wildman–Crippen MR) is 139 cm³/mol. The van der Waals surface area contributed by atoms with E-state index in [4.69, 9.17) is 14.5 Å². The number of anilines is 1. The van der Waals surface area contributed by atoms with Crippen LogP contribution in [0.15, 0.2) is 24.3 Å². The van der Waals surface area contributed by atoms with Gasteiger partial charge in [0, 0.05) is 25.0 Å². The van der Waals surface area contributed by atoms with Crippen LogP contribution in [0.5, 0.6) is 0 Å². The number of hydrogen-bond donors (Lipinski definition) is 3. The summed E-state index contributed by atoms with van der Waals surface area (Å²) in [5.41, 5.74) is 0.437. The van der Waals surface area contributed by atoms with Crippen molar-refractivity contribution in [1.82, 2.24) is 19.9 Å². The van der Waals surface area contributed by atoms with Crippen LogP contribution in [0.1, 0.15) is 60.2 Å². The quantitative estimate of drug-likeness (QED) is 0.358. The number of benzene rings is 1. The second-order valence-corrected chi connectivity index (χ2v) is 10.3. The van der Waals surface area contributed by atoms with Crippen molar-refractivity contribution >= 4 is 39.8 Å². The van der Waals surface area contributed by atoms with E-state index in [9.17, 15) is 14.7 Å². The normalized spacial score (nSPS) is 12.2. The third kappa shape index (κ3) is 7.38. The molecule has 0 aliphatic heterocycles. The summed E-state index contributed by atoms with van der Waals surface area (Å²) in [5.74, 6) is 0.749. The summed E-state index contributed by atoms with van der Waals surface area (Å²) in [4.78, 5) is 34.0. The van der Waals surface area contributed by atoms with Crippen molar-refractivity contribution in [2.75, 3.05) is 18.5 Å². The van der Waals surface area contributed by atoms with Crippen molar-refractivity contribution in [3.05, 3.63) is 30.1 Å². The highest BCUT2D eigenvalue weighted by molar-refractivity contribution is 6.09. The number of pyridine rings is 1. The lowest BCUT2D eigenvalue weighted by Crippen LogP contribution is -2.33. The van der Waals surface area contributed by atoms with Crippen LogP contribution in [0.3, 0.4) is 0 Å². The molecule has 0 bridgehead atoms. The number of carbonyl (C=O) groups is 2. The molecule has 0 aliphatic rings. The molecule has 0 unspecified atom stereocenters. The van der Waals surface area contributed by atoms with E-state index < -0.39 is 17.3 Å². The molecular formula is C26H37N5O5. The van der Waals surface area contributed by atoms with E-state index in [0.717, 1.165) is 10.9 Å². The first-order valence-electron chi connectivity index (χ1n) is 12.2. The zero-order chi connectivity index (χ0) is 26.5. The van der Waals surface area contributed by atoms with Crippen molar-refractivity contribution < 1.29 is 24.2 Å². The molecule has 2 heterocycles. The van der Waals surface area contributed by atoms with Gasteiger partial charge in [-0.1, -0.05) is 18.2 Å². The number of carbonyl (C=O) groups excluding carboxylic acids is 2. The maximum atomic E-state index is 12.8. The molecule has 10 nitrogen and oxygen atoms in total. The molecule has 2 amide bonds. The summed E-state index contributed by atoms with van der Waals surface area (Å²) in [6, 6.07) is 7.63. The van der Waals surface area contributed by atoms with Crippen LogP contribution < -0.4 is 10.6 Å². The smallest absolute Gasteiger partial charge is 0.407 e. The van der Waals surface area contributed by atoms with Gasteiger partial charge in [-0.25, -0.2) is 14.8 Å². The number of alkyl carbamates (subject to hydrolysis) is 1. The van der Waals surface area contributed by atoms with Gasteiger partial charge in [-0.15, -0.1) is 0 Å². The number of para-hydroxylation sites is 1. The van der Waals surface area contributed by atoms with Crippen molar-refractivity contribution in [3.8, 4) is 0 Å². The van der Waals surface area contributed by atoms with E-state index in [0.29, 0.717) is 48.8 Å². The molecule has 3 aromatic rings. The third-order valence-electron chi connectivity index (χ3n) is 5.15. The summed E-state index contributed by atoms with van der Waals surface area (Å²) in [5, 5.41) is 17.0. The minimum atomic E-state index is -0.997. The molecule has 0 fully saturated rings. The number of hydrogen-bond acceptors (Lipinski definition) is 7. The second-order valence-electron chi connectivity index (χ2n) is 10.3. The largest absolute Gasteiger partial charge is 0.444 e.